The second-order valence-corrected chi connectivity index (χ2v) is 8.50. The minimum atomic E-state index is -0.736. The van der Waals surface area contributed by atoms with Crippen LogP contribution in [-0.4, -0.2) is 32.7 Å². The lowest BCUT2D eigenvalue weighted by Crippen LogP contribution is -2.49. The van der Waals surface area contributed by atoms with Crippen LogP contribution >= 0.6 is 15.9 Å². The fourth-order valence-corrected chi connectivity index (χ4v) is 4.11. The Balaban J connectivity index is 2.10. The van der Waals surface area contributed by atoms with E-state index in [1.54, 1.807) is 0 Å². The summed E-state index contributed by atoms with van der Waals surface area (Å²) in [5.74, 6) is 0.737. The van der Waals surface area contributed by atoms with Gasteiger partial charge in [0, 0.05) is 40.7 Å². The van der Waals surface area contributed by atoms with E-state index >= 15 is 0 Å². The van der Waals surface area contributed by atoms with E-state index in [9.17, 15) is 4.21 Å². The van der Waals surface area contributed by atoms with Crippen LogP contribution in [0.4, 0.5) is 0 Å². The lowest BCUT2D eigenvalue weighted by molar-refractivity contribution is 0.247. The summed E-state index contributed by atoms with van der Waals surface area (Å²) in [4.78, 5) is 2.33. The van der Waals surface area contributed by atoms with E-state index in [1.165, 1.54) is 5.56 Å². The van der Waals surface area contributed by atoms with Crippen molar-refractivity contribution in [3.63, 3.8) is 0 Å². The van der Waals surface area contributed by atoms with Gasteiger partial charge in [0.2, 0.25) is 0 Å². The SMILES string of the molecule is CC1(C)CN(Cc2ccc(C#N)cc2Br)CC[S@@]1=O. The Morgan fingerprint density at radius 2 is 2.26 bits per heavy atom. The standard InChI is InChI=1S/C14H17BrN2OS/c1-14(2)10-17(5-6-19(14)18)9-12-4-3-11(8-16)7-13(12)15/h3-4,7H,5-6,9-10H2,1-2H3/t19-/m0/s1. The predicted octanol–water partition coefficient (Wildman–Crippen LogP) is 2.66. The van der Waals surface area contributed by atoms with Crippen molar-refractivity contribution in [1.82, 2.24) is 4.90 Å². The van der Waals surface area contributed by atoms with Crippen molar-refractivity contribution in [2.75, 3.05) is 18.8 Å². The molecule has 1 saturated heterocycles. The summed E-state index contributed by atoms with van der Waals surface area (Å²) in [5.41, 5.74) is 1.83. The van der Waals surface area contributed by atoms with Crippen molar-refractivity contribution < 1.29 is 4.21 Å². The molecule has 0 aliphatic carbocycles. The van der Waals surface area contributed by atoms with Crippen molar-refractivity contribution in [2.24, 2.45) is 0 Å². The fraction of sp³-hybridized carbons (Fsp3) is 0.500. The van der Waals surface area contributed by atoms with Crippen LogP contribution in [0.1, 0.15) is 25.0 Å². The minimum Gasteiger partial charge on any atom is -0.297 e. The Hall–Kier alpha value is -0.700. The summed E-state index contributed by atoms with van der Waals surface area (Å²) in [7, 11) is -0.736. The Bertz CT molecular complexity index is 551. The number of benzene rings is 1. The molecular weight excluding hydrogens is 324 g/mol. The Morgan fingerprint density at radius 3 is 2.84 bits per heavy atom. The highest BCUT2D eigenvalue weighted by Crippen LogP contribution is 2.24. The summed E-state index contributed by atoms with van der Waals surface area (Å²) >= 11 is 3.52. The van der Waals surface area contributed by atoms with Crippen molar-refractivity contribution in [1.29, 1.82) is 5.26 Å². The minimum absolute atomic E-state index is 0.142. The van der Waals surface area contributed by atoms with Gasteiger partial charge in [-0.3, -0.25) is 9.11 Å². The molecule has 1 aromatic carbocycles. The van der Waals surface area contributed by atoms with Gasteiger partial charge in [-0.2, -0.15) is 5.26 Å². The number of rotatable bonds is 2. The van der Waals surface area contributed by atoms with Gasteiger partial charge < -0.3 is 0 Å². The van der Waals surface area contributed by atoms with E-state index in [-0.39, 0.29) is 4.75 Å². The molecule has 0 amide bonds. The van der Waals surface area contributed by atoms with E-state index < -0.39 is 10.8 Å². The fourth-order valence-electron chi connectivity index (χ4n) is 2.30. The highest BCUT2D eigenvalue weighted by atomic mass is 79.9. The molecule has 1 aromatic rings. The second kappa shape index (κ2) is 5.74. The normalized spacial score (nSPS) is 22.9. The molecule has 2 rings (SSSR count). The van der Waals surface area contributed by atoms with Gasteiger partial charge in [-0.25, -0.2) is 0 Å². The average molecular weight is 341 g/mol. The van der Waals surface area contributed by atoms with Gasteiger partial charge >= 0.3 is 0 Å². The largest absolute Gasteiger partial charge is 0.297 e. The van der Waals surface area contributed by atoms with Crippen molar-refractivity contribution in [3.8, 4) is 6.07 Å². The Kier molecular flexibility index (Phi) is 4.44. The molecule has 0 unspecified atom stereocenters. The van der Waals surface area contributed by atoms with Gasteiger partial charge in [0.25, 0.3) is 0 Å². The van der Waals surface area contributed by atoms with E-state index in [1.807, 2.05) is 18.2 Å². The molecule has 0 saturated carbocycles. The number of nitrogens with zero attached hydrogens (tertiary/aromatic N) is 2. The topological polar surface area (TPSA) is 44.1 Å². The number of halogens is 1. The zero-order chi connectivity index (χ0) is 14.0. The third-order valence-corrected chi connectivity index (χ3v) is 6.04. The maximum atomic E-state index is 11.9. The van der Waals surface area contributed by atoms with Crippen LogP contribution in [0.15, 0.2) is 22.7 Å². The summed E-state index contributed by atoms with van der Waals surface area (Å²) in [6.45, 7) is 6.65. The van der Waals surface area contributed by atoms with Gasteiger partial charge in [0.05, 0.1) is 16.4 Å². The van der Waals surface area contributed by atoms with Gasteiger partial charge in [0.1, 0.15) is 0 Å². The highest BCUT2D eigenvalue weighted by molar-refractivity contribution is 9.10. The predicted molar refractivity (Wildman–Crippen MR) is 81.2 cm³/mol. The van der Waals surface area contributed by atoms with Crippen molar-refractivity contribution in [3.05, 3.63) is 33.8 Å². The van der Waals surface area contributed by atoms with Crippen LogP contribution in [0.3, 0.4) is 0 Å². The molecule has 1 fully saturated rings. The van der Waals surface area contributed by atoms with E-state index in [0.29, 0.717) is 5.56 Å². The van der Waals surface area contributed by atoms with Crippen LogP contribution in [-0.2, 0) is 17.3 Å². The van der Waals surface area contributed by atoms with Gasteiger partial charge in [-0.1, -0.05) is 22.0 Å². The molecule has 1 aliphatic rings. The van der Waals surface area contributed by atoms with E-state index in [4.69, 9.17) is 5.26 Å². The number of hydrogen-bond donors (Lipinski definition) is 0. The smallest absolute Gasteiger partial charge is 0.0992 e. The molecule has 1 atom stereocenters. The third kappa shape index (κ3) is 3.44. The molecule has 1 heterocycles. The molecule has 1 aliphatic heterocycles. The van der Waals surface area contributed by atoms with E-state index in [2.05, 4.69) is 40.7 Å². The first kappa shape index (κ1) is 14.7. The van der Waals surface area contributed by atoms with Crippen LogP contribution < -0.4 is 0 Å². The summed E-state index contributed by atoms with van der Waals surface area (Å²) in [6, 6.07) is 7.81. The van der Waals surface area contributed by atoms with Crippen LogP contribution in [0.25, 0.3) is 0 Å². The maximum absolute atomic E-state index is 11.9. The van der Waals surface area contributed by atoms with Crippen LogP contribution in [0.2, 0.25) is 0 Å². The molecule has 0 N–H and O–H groups in total. The van der Waals surface area contributed by atoms with Gasteiger partial charge in [0.15, 0.2) is 0 Å². The second-order valence-electron chi connectivity index (χ2n) is 5.44. The van der Waals surface area contributed by atoms with Gasteiger partial charge in [-0.05, 0) is 31.5 Å². The van der Waals surface area contributed by atoms with Crippen LogP contribution in [0.5, 0.6) is 0 Å². The zero-order valence-corrected chi connectivity index (χ0v) is 13.6. The van der Waals surface area contributed by atoms with Crippen LogP contribution in [0, 0.1) is 11.3 Å². The average Bonchev–Trinajstić information content (AvgIpc) is 2.36. The van der Waals surface area contributed by atoms with E-state index in [0.717, 1.165) is 29.9 Å². The number of hydrogen-bond acceptors (Lipinski definition) is 3. The highest BCUT2D eigenvalue weighted by Gasteiger charge is 2.33. The zero-order valence-electron chi connectivity index (χ0n) is 11.1. The first-order valence-electron chi connectivity index (χ1n) is 6.22. The molecule has 3 nitrogen and oxygen atoms in total. The lowest BCUT2D eigenvalue weighted by atomic mass is 10.1. The Morgan fingerprint density at radius 1 is 1.53 bits per heavy atom. The number of nitriles is 1. The summed E-state index contributed by atoms with van der Waals surface area (Å²) in [6.07, 6.45) is 0. The third-order valence-electron chi connectivity index (χ3n) is 3.39. The van der Waals surface area contributed by atoms with Crippen molar-refractivity contribution >= 4 is 26.7 Å². The van der Waals surface area contributed by atoms with Crippen molar-refractivity contribution in [2.45, 2.75) is 25.1 Å². The first-order valence-corrected chi connectivity index (χ1v) is 8.33. The Labute approximate surface area is 125 Å². The lowest BCUT2D eigenvalue weighted by Gasteiger charge is -2.37. The molecule has 0 aromatic heterocycles. The monoisotopic (exact) mass is 340 g/mol. The van der Waals surface area contributed by atoms with Gasteiger partial charge in [-0.15, -0.1) is 0 Å². The maximum Gasteiger partial charge on any atom is 0.0992 e. The summed E-state index contributed by atoms with van der Waals surface area (Å²) < 4.78 is 12.7. The molecule has 0 radical (unpaired) electrons. The molecule has 5 heteroatoms. The quantitative estimate of drug-likeness (QED) is 0.831. The molecule has 0 spiro atoms. The summed E-state index contributed by atoms with van der Waals surface area (Å²) in [5, 5.41) is 8.86. The molecule has 19 heavy (non-hydrogen) atoms. The first-order chi connectivity index (χ1) is 8.92. The molecular formula is C14H17BrN2OS. The molecule has 102 valence electrons. The molecule has 0 bridgehead atoms.